The quantitative estimate of drug-likeness (QED) is 0.786. The van der Waals surface area contributed by atoms with Crippen molar-refractivity contribution in [1.82, 2.24) is 14.7 Å². The highest BCUT2D eigenvalue weighted by molar-refractivity contribution is 9.10. The predicted octanol–water partition coefficient (Wildman–Crippen LogP) is 2.17. The Hall–Kier alpha value is -0.880. The van der Waals surface area contributed by atoms with E-state index < -0.39 is 0 Å². The van der Waals surface area contributed by atoms with Crippen molar-refractivity contribution in [2.24, 2.45) is 5.92 Å². The van der Waals surface area contributed by atoms with E-state index in [0.717, 1.165) is 38.4 Å². The number of aromatic nitrogens is 2. The fourth-order valence-electron chi connectivity index (χ4n) is 2.15. The molecule has 1 saturated carbocycles. The number of anilines is 1. The first-order valence-electron chi connectivity index (χ1n) is 7.37. The van der Waals surface area contributed by atoms with Crippen LogP contribution in [-0.4, -0.2) is 40.9 Å². The van der Waals surface area contributed by atoms with Crippen LogP contribution >= 0.6 is 15.9 Å². The third-order valence-corrected chi connectivity index (χ3v) is 4.52. The van der Waals surface area contributed by atoms with Gasteiger partial charge in [-0.1, -0.05) is 13.8 Å². The Morgan fingerprint density at radius 2 is 2.15 bits per heavy atom. The smallest absolute Gasteiger partial charge is 0.283 e. The van der Waals surface area contributed by atoms with Crippen molar-refractivity contribution in [3.05, 3.63) is 21.0 Å². The summed E-state index contributed by atoms with van der Waals surface area (Å²) in [5.41, 5.74) is 0.749. The van der Waals surface area contributed by atoms with Crippen molar-refractivity contribution in [3.8, 4) is 0 Å². The van der Waals surface area contributed by atoms with Crippen LogP contribution in [0.15, 0.2) is 15.5 Å². The van der Waals surface area contributed by atoms with Gasteiger partial charge in [0.25, 0.3) is 5.56 Å². The summed E-state index contributed by atoms with van der Waals surface area (Å²) in [7, 11) is 0. The zero-order chi connectivity index (χ0) is 14.5. The van der Waals surface area contributed by atoms with Gasteiger partial charge in [0.1, 0.15) is 4.47 Å². The molecule has 0 amide bonds. The van der Waals surface area contributed by atoms with Crippen molar-refractivity contribution in [3.63, 3.8) is 0 Å². The Labute approximate surface area is 128 Å². The maximum absolute atomic E-state index is 12.2. The minimum Gasteiger partial charge on any atom is -0.381 e. The SMILES string of the molecule is CCN(CC)CCNc1cnn(CC2CC2)c(=O)c1Br. The van der Waals surface area contributed by atoms with Crippen molar-refractivity contribution in [1.29, 1.82) is 0 Å². The number of hydrogen-bond acceptors (Lipinski definition) is 4. The zero-order valence-electron chi connectivity index (χ0n) is 12.2. The van der Waals surface area contributed by atoms with Crippen LogP contribution in [0.25, 0.3) is 0 Å². The molecule has 5 nitrogen and oxygen atoms in total. The van der Waals surface area contributed by atoms with E-state index in [1.54, 1.807) is 10.9 Å². The number of nitrogens with one attached hydrogen (secondary N) is 1. The summed E-state index contributed by atoms with van der Waals surface area (Å²) in [6, 6.07) is 0. The summed E-state index contributed by atoms with van der Waals surface area (Å²) in [5, 5.41) is 7.54. The van der Waals surface area contributed by atoms with Gasteiger partial charge in [0, 0.05) is 19.6 Å². The largest absolute Gasteiger partial charge is 0.381 e. The van der Waals surface area contributed by atoms with E-state index in [4.69, 9.17) is 0 Å². The van der Waals surface area contributed by atoms with E-state index in [1.165, 1.54) is 12.8 Å². The van der Waals surface area contributed by atoms with Crippen LogP contribution in [0.2, 0.25) is 0 Å². The minimum absolute atomic E-state index is 0.0373. The fraction of sp³-hybridized carbons (Fsp3) is 0.714. The van der Waals surface area contributed by atoms with Gasteiger partial charge in [-0.25, -0.2) is 4.68 Å². The van der Waals surface area contributed by atoms with Gasteiger partial charge in [-0.2, -0.15) is 5.10 Å². The molecule has 1 aromatic rings. The molecule has 1 aliphatic carbocycles. The van der Waals surface area contributed by atoms with Crippen LogP contribution in [0.3, 0.4) is 0 Å². The standard InChI is InChI=1S/C14H23BrN4O/c1-3-18(4-2)8-7-16-12-9-17-19(10-11-5-6-11)14(20)13(12)15/h9,11,16H,3-8,10H2,1-2H3. The van der Waals surface area contributed by atoms with Gasteiger partial charge < -0.3 is 10.2 Å². The monoisotopic (exact) mass is 342 g/mol. The molecule has 1 fully saturated rings. The average molecular weight is 343 g/mol. The Morgan fingerprint density at radius 1 is 1.45 bits per heavy atom. The predicted molar refractivity (Wildman–Crippen MR) is 85.2 cm³/mol. The molecule has 0 atom stereocenters. The van der Waals surface area contributed by atoms with Crippen LogP contribution in [0, 0.1) is 5.92 Å². The van der Waals surface area contributed by atoms with E-state index in [-0.39, 0.29) is 5.56 Å². The van der Waals surface area contributed by atoms with Gasteiger partial charge in [-0.15, -0.1) is 0 Å². The van der Waals surface area contributed by atoms with Crippen LogP contribution < -0.4 is 10.9 Å². The van der Waals surface area contributed by atoms with Gasteiger partial charge in [0.15, 0.2) is 0 Å². The van der Waals surface area contributed by atoms with Crippen molar-refractivity contribution in [2.45, 2.75) is 33.2 Å². The number of rotatable bonds is 8. The molecular weight excluding hydrogens is 320 g/mol. The maximum Gasteiger partial charge on any atom is 0.283 e. The number of hydrogen-bond donors (Lipinski definition) is 1. The Morgan fingerprint density at radius 3 is 2.75 bits per heavy atom. The first-order valence-corrected chi connectivity index (χ1v) is 8.16. The zero-order valence-corrected chi connectivity index (χ0v) is 13.8. The van der Waals surface area contributed by atoms with E-state index >= 15 is 0 Å². The molecule has 112 valence electrons. The molecule has 0 aliphatic heterocycles. The highest BCUT2D eigenvalue weighted by Gasteiger charge is 2.23. The summed E-state index contributed by atoms with van der Waals surface area (Å²) in [6.45, 7) is 8.91. The summed E-state index contributed by atoms with van der Waals surface area (Å²) >= 11 is 3.39. The topological polar surface area (TPSA) is 50.2 Å². The number of halogens is 1. The number of likely N-dealkylation sites (N-methyl/N-ethyl adjacent to an activating group) is 1. The second kappa shape index (κ2) is 7.22. The lowest BCUT2D eigenvalue weighted by Crippen LogP contribution is -2.30. The third-order valence-electron chi connectivity index (χ3n) is 3.75. The van der Waals surface area contributed by atoms with Crippen LogP contribution in [0.1, 0.15) is 26.7 Å². The lowest BCUT2D eigenvalue weighted by molar-refractivity contribution is 0.316. The summed E-state index contributed by atoms with van der Waals surface area (Å²) in [5.74, 6) is 0.647. The molecule has 0 bridgehead atoms. The van der Waals surface area contributed by atoms with Crippen LogP contribution in [0.4, 0.5) is 5.69 Å². The normalized spacial score (nSPS) is 14.8. The minimum atomic E-state index is -0.0373. The maximum atomic E-state index is 12.2. The highest BCUT2D eigenvalue weighted by atomic mass is 79.9. The molecule has 0 unspecified atom stereocenters. The molecule has 0 saturated heterocycles. The van der Waals surface area contributed by atoms with Crippen molar-refractivity contribution in [2.75, 3.05) is 31.5 Å². The second-order valence-electron chi connectivity index (χ2n) is 5.26. The first-order chi connectivity index (χ1) is 9.65. The molecule has 20 heavy (non-hydrogen) atoms. The Bertz CT molecular complexity index is 494. The Kier molecular flexibility index (Phi) is 5.60. The Balaban J connectivity index is 1.94. The number of nitrogens with zero attached hydrogens (tertiary/aromatic N) is 3. The van der Waals surface area contributed by atoms with Gasteiger partial charge in [0.2, 0.25) is 0 Å². The fourth-order valence-corrected chi connectivity index (χ4v) is 2.60. The molecule has 1 heterocycles. The molecule has 1 N–H and O–H groups in total. The molecule has 0 spiro atoms. The van der Waals surface area contributed by atoms with Gasteiger partial charge >= 0.3 is 0 Å². The molecular formula is C14H23BrN4O. The lowest BCUT2D eigenvalue weighted by atomic mass is 10.4. The summed E-state index contributed by atoms with van der Waals surface area (Å²) < 4.78 is 2.16. The molecule has 6 heteroatoms. The van der Waals surface area contributed by atoms with E-state index in [1.807, 2.05) is 0 Å². The van der Waals surface area contributed by atoms with Crippen LogP contribution in [-0.2, 0) is 6.54 Å². The highest BCUT2D eigenvalue weighted by Crippen LogP contribution is 2.30. The molecule has 2 rings (SSSR count). The van der Waals surface area contributed by atoms with Crippen molar-refractivity contribution >= 4 is 21.6 Å². The lowest BCUT2D eigenvalue weighted by Gasteiger charge is -2.18. The van der Waals surface area contributed by atoms with Gasteiger partial charge in [-0.3, -0.25) is 4.79 Å². The summed E-state index contributed by atoms with van der Waals surface area (Å²) in [6.07, 6.45) is 4.18. The first kappa shape index (κ1) is 15.5. The van der Waals surface area contributed by atoms with Gasteiger partial charge in [0.05, 0.1) is 11.9 Å². The van der Waals surface area contributed by atoms with Crippen LogP contribution in [0.5, 0.6) is 0 Å². The third kappa shape index (κ3) is 4.06. The summed E-state index contributed by atoms with van der Waals surface area (Å²) in [4.78, 5) is 14.5. The van der Waals surface area contributed by atoms with E-state index in [0.29, 0.717) is 10.4 Å². The van der Waals surface area contributed by atoms with E-state index in [9.17, 15) is 4.79 Å². The molecule has 0 radical (unpaired) electrons. The molecule has 1 aromatic heterocycles. The average Bonchev–Trinajstić information content (AvgIpc) is 3.26. The second-order valence-corrected chi connectivity index (χ2v) is 6.05. The molecule has 0 aromatic carbocycles. The van der Waals surface area contributed by atoms with Crippen molar-refractivity contribution < 1.29 is 0 Å². The van der Waals surface area contributed by atoms with E-state index in [2.05, 4.69) is 45.1 Å². The van der Waals surface area contributed by atoms with Gasteiger partial charge in [-0.05, 0) is 47.8 Å². The molecule has 1 aliphatic rings.